The van der Waals surface area contributed by atoms with Gasteiger partial charge in [0.05, 0.1) is 16.5 Å². The summed E-state index contributed by atoms with van der Waals surface area (Å²) in [7, 11) is 0. The van der Waals surface area contributed by atoms with Crippen molar-refractivity contribution < 1.29 is 9.59 Å². The third-order valence-electron chi connectivity index (χ3n) is 5.21. The third-order valence-corrected chi connectivity index (χ3v) is 6.11. The van der Waals surface area contributed by atoms with Crippen LogP contribution in [0.25, 0.3) is 17.0 Å². The van der Waals surface area contributed by atoms with Crippen molar-refractivity contribution in [3.05, 3.63) is 88.5 Å². The number of thioether (sulfide) groups is 1. The maximum Gasteiger partial charge on any atom is 0.293 e. The number of nitrogens with zero attached hydrogens (tertiary/aromatic N) is 3. The van der Waals surface area contributed by atoms with Gasteiger partial charge in [0.1, 0.15) is 0 Å². The minimum absolute atomic E-state index is 0.202. The van der Waals surface area contributed by atoms with E-state index in [0.29, 0.717) is 17.0 Å². The lowest BCUT2D eigenvalue weighted by molar-refractivity contribution is -0.122. The van der Waals surface area contributed by atoms with Crippen LogP contribution in [0, 0.1) is 18.3 Å². The van der Waals surface area contributed by atoms with Gasteiger partial charge in [0.15, 0.2) is 0 Å². The number of para-hydroxylation sites is 1. The van der Waals surface area contributed by atoms with Crippen LogP contribution < -0.4 is 0 Å². The highest BCUT2D eigenvalue weighted by molar-refractivity contribution is 8.18. The number of fused-ring (bicyclic) bond motifs is 1. The Kier molecular flexibility index (Phi) is 5.30. The average molecular weight is 414 g/mol. The predicted molar refractivity (Wildman–Crippen MR) is 120 cm³/mol. The lowest BCUT2D eigenvalue weighted by Gasteiger charge is -2.10. The van der Waals surface area contributed by atoms with Gasteiger partial charge in [-0.1, -0.05) is 42.5 Å². The van der Waals surface area contributed by atoms with Crippen LogP contribution in [0.3, 0.4) is 0 Å². The zero-order chi connectivity index (χ0) is 21.3. The summed E-state index contributed by atoms with van der Waals surface area (Å²) >= 11 is 0.952. The number of carbonyl (C=O) groups is 2. The molecule has 3 aromatic rings. The molecule has 1 aliphatic rings. The first-order valence-electron chi connectivity index (χ1n) is 9.47. The van der Waals surface area contributed by atoms with Gasteiger partial charge in [-0.15, -0.1) is 6.58 Å². The summed E-state index contributed by atoms with van der Waals surface area (Å²) in [6.07, 6.45) is 3.35. The molecule has 4 rings (SSSR count). The predicted octanol–water partition coefficient (Wildman–Crippen LogP) is 5.09. The van der Waals surface area contributed by atoms with E-state index in [1.165, 1.54) is 4.90 Å². The van der Waals surface area contributed by atoms with E-state index in [0.717, 1.165) is 39.5 Å². The summed E-state index contributed by atoms with van der Waals surface area (Å²) in [6.45, 7) is 6.35. The van der Waals surface area contributed by atoms with Crippen molar-refractivity contribution >= 4 is 39.9 Å². The Bertz CT molecular complexity index is 1260. The standard InChI is InChI=1S/C24H19N3O2S/c1-3-12-26-23(28)22(30-24(26)29)13-20-16(2)27(21-11-7-6-10-19(20)21)15-18-9-5-4-8-17(18)14-25/h3-11,13H,1,12,15H2,2H3. The lowest BCUT2D eigenvalue weighted by atomic mass is 10.1. The summed E-state index contributed by atoms with van der Waals surface area (Å²) in [5.74, 6) is -0.295. The van der Waals surface area contributed by atoms with Crippen molar-refractivity contribution in [1.29, 1.82) is 5.26 Å². The van der Waals surface area contributed by atoms with Gasteiger partial charge in [-0.3, -0.25) is 14.5 Å². The molecular formula is C24H19N3O2S. The molecule has 1 saturated heterocycles. The number of benzene rings is 2. The van der Waals surface area contributed by atoms with E-state index in [-0.39, 0.29) is 17.7 Å². The highest BCUT2D eigenvalue weighted by Crippen LogP contribution is 2.35. The molecule has 0 N–H and O–H groups in total. The number of hydrogen-bond donors (Lipinski definition) is 0. The third kappa shape index (κ3) is 3.34. The second-order valence-electron chi connectivity index (χ2n) is 6.95. The lowest BCUT2D eigenvalue weighted by Crippen LogP contribution is -2.27. The Morgan fingerprint density at radius 3 is 2.63 bits per heavy atom. The van der Waals surface area contributed by atoms with E-state index in [2.05, 4.69) is 17.2 Å². The fraction of sp³-hybridized carbons (Fsp3) is 0.125. The molecule has 0 saturated carbocycles. The molecule has 0 unspecified atom stereocenters. The Balaban J connectivity index is 1.82. The smallest absolute Gasteiger partial charge is 0.293 e. The molecule has 1 aliphatic heterocycles. The summed E-state index contributed by atoms with van der Waals surface area (Å²) in [6, 6.07) is 17.8. The number of amides is 2. The summed E-state index contributed by atoms with van der Waals surface area (Å²) in [5, 5.41) is 10.2. The Morgan fingerprint density at radius 1 is 1.13 bits per heavy atom. The highest BCUT2D eigenvalue weighted by atomic mass is 32.2. The van der Waals surface area contributed by atoms with Crippen molar-refractivity contribution in [1.82, 2.24) is 9.47 Å². The zero-order valence-electron chi connectivity index (χ0n) is 16.5. The van der Waals surface area contributed by atoms with Crippen molar-refractivity contribution in [2.24, 2.45) is 0 Å². The van der Waals surface area contributed by atoms with Gasteiger partial charge in [0, 0.05) is 35.2 Å². The topological polar surface area (TPSA) is 66.1 Å². The quantitative estimate of drug-likeness (QED) is 0.432. The van der Waals surface area contributed by atoms with Gasteiger partial charge in [0.2, 0.25) is 0 Å². The second kappa shape index (κ2) is 8.05. The largest absolute Gasteiger partial charge is 0.340 e. The molecule has 6 heteroatoms. The summed E-state index contributed by atoms with van der Waals surface area (Å²) in [5.41, 5.74) is 4.46. The molecule has 2 amide bonds. The molecule has 0 bridgehead atoms. The van der Waals surface area contributed by atoms with E-state index in [1.807, 2.05) is 55.5 Å². The SMILES string of the molecule is C=CCN1C(=O)SC(=Cc2c(C)n(Cc3ccccc3C#N)c3ccccc23)C1=O. The molecule has 1 aromatic heterocycles. The molecule has 148 valence electrons. The van der Waals surface area contributed by atoms with Crippen LogP contribution in [0.2, 0.25) is 0 Å². The van der Waals surface area contributed by atoms with E-state index in [9.17, 15) is 14.9 Å². The molecule has 0 radical (unpaired) electrons. The van der Waals surface area contributed by atoms with Crippen LogP contribution >= 0.6 is 11.8 Å². The van der Waals surface area contributed by atoms with E-state index >= 15 is 0 Å². The fourth-order valence-corrected chi connectivity index (χ4v) is 4.53. The monoisotopic (exact) mass is 413 g/mol. The van der Waals surface area contributed by atoms with Crippen LogP contribution in [0.15, 0.2) is 66.1 Å². The maximum atomic E-state index is 12.7. The Labute approximate surface area is 178 Å². The van der Waals surface area contributed by atoms with Gasteiger partial charge < -0.3 is 4.57 Å². The number of rotatable bonds is 5. The molecule has 0 spiro atoms. The first-order chi connectivity index (χ1) is 14.5. The molecule has 5 nitrogen and oxygen atoms in total. The van der Waals surface area contributed by atoms with E-state index < -0.39 is 0 Å². The van der Waals surface area contributed by atoms with Crippen molar-refractivity contribution in [2.75, 3.05) is 6.54 Å². The number of nitriles is 1. The van der Waals surface area contributed by atoms with Crippen molar-refractivity contribution in [3.63, 3.8) is 0 Å². The van der Waals surface area contributed by atoms with Gasteiger partial charge in [-0.2, -0.15) is 5.26 Å². The molecule has 2 aromatic carbocycles. The van der Waals surface area contributed by atoms with E-state index in [4.69, 9.17) is 0 Å². The van der Waals surface area contributed by atoms with E-state index in [1.54, 1.807) is 12.2 Å². The van der Waals surface area contributed by atoms with Crippen molar-refractivity contribution in [2.45, 2.75) is 13.5 Å². The molecule has 0 atom stereocenters. The fourth-order valence-electron chi connectivity index (χ4n) is 3.70. The first kappa shape index (κ1) is 19.7. The molecule has 2 heterocycles. The number of carbonyl (C=O) groups excluding carboxylic acids is 2. The molecular weight excluding hydrogens is 394 g/mol. The molecule has 30 heavy (non-hydrogen) atoms. The van der Waals surface area contributed by atoms with Crippen LogP contribution in [0.5, 0.6) is 0 Å². The number of hydrogen-bond acceptors (Lipinski definition) is 4. The first-order valence-corrected chi connectivity index (χ1v) is 10.3. The van der Waals surface area contributed by atoms with Gasteiger partial charge >= 0.3 is 0 Å². The number of imide groups is 1. The van der Waals surface area contributed by atoms with Crippen LogP contribution in [-0.4, -0.2) is 27.2 Å². The van der Waals surface area contributed by atoms with Crippen LogP contribution in [0.1, 0.15) is 22.4 Å². The maximum absolute atomic E-state index is 12.7. The average Bonchev–Trinajstić information content (AvgIpc) is 3.17. The normalized spacial score (nSPS) is 15.2. The second-order valence-corrected chi connectivity index (χ2v) is 7.95. The summed E-state index contributed by atoms with van der Waals surface area (Å²) < 4.78 is 2.14. The molecule has 0 aliphatic carbocycles. The van der Waals surface area contributed by atoms with Gasteiger partial charge in [-0.05, 0) is 42.5 Å². The van der Waals surface area contributed by atoms with Gasteiger partial charge in [-0.25, -0.2) is 0 Å². The minimum atomic E-state index is -0.295. The number of aromatic nitrogens is 1. The van der Waals surface area contributed by atoms with Crippen LogP contribution in [-0.2, 0) is 11.3 Å². The Hall–Kier alpha value is -3.56. The molecule has 1 fully saturated rings. The zero-order valence-corrected chi connectivity index (χ0v) is 17.3. The van der Waals surface area contributed by atoms with Crippen molar-refractivity contribution in [3.8, 4) is 6.07 Å². The Morgan fingerprint density at radius 2 is 1.87 bits per heavy atom. The highest BCUT2D eigenvalue weighted by Gasteiger charge is 2.34. The van der Waals surface area contributed by atoms with Crippen LogP contribution in [0.4, 0.5) is 4.79 Å². The summed E-state index contributed by atoms with van der Waals surface area (Å²) in [4.78, 5) is 26.5. The van der Waals surface area contributed by atoms with Gasteiger partial charge in [0.25, 0.3) is 11.1 Å². The minimum Gasteiger partial charge on any atom is -0.340 e.